The average Bonchev–Trinajstić information content (AvgIpc) is 2.31. The summed E-state index contributed by atoms with van der Waals surface area (Å²) in [5.74, 6) is -3.90. The Morgan fingerprint density at radius 2 is 1.72 bits per heavy atom. The van der Waals surface area contributed by atoms with Gasteiger partial charge in [-0.3, -0.25) is 0 Å². The molecule has 0 aliphatic carbocycles. The fraction of sp³-hybridized carbons (Fsp3) is 0. The molecule has 3 nitrogen and oxygen atoms in total. The minimum atomic E-state index is -1.45. The van der Waals surface area contributed by atoms with E-state index in [1.807, 2.05) is 0 Å². The van der Waals surface area contributed by atoms with Crippen molar-refractivity contribution in [2.75, 3.05) is 0 Å². The molecule has 0 saturated heterocycles. The van der Waals surface area contributed by atoms with Crippen LogP contribution >= 0.6 is 0 Å². The van der Waals surface area contributed by atoms with Gasteiger partial charge in [0.15, 0.2) is 5.69 Å². The van der Waals surface area contributed by atoms with Gasteiger partial charge in [-0.05, 0) is 24.3 Å². The summed E-state index contributed by atoms with van der Waals surface area (Å²) in [7, 11) is 0. The molecule has 92 valence electrons. The number of aromatic nitrogens is 1. The lowest BCUT2D eigenvalue weighted by atomic mass is 10.0. The monoisotopic (exact) mass is 253 g/mol. The number of carboxylic acid groups (broad SMARTS) is 1. The van der Waals surface area contributed by atoms with Crippen molar-refractivity contribution in [1.82, 2.24) is 4.98 Å². The number of pyridine rings is 1. The van der Waals surface area contributed by atoms with Gasteiger partial charge in [0.1, 0.15) is 17.5 Å². The lowest BCUT2D eigenvalue weighted by Gasteiger charge is -2.07. The Morgan fingerprint density at radius 3 is 2.39 bits per heavy atom. The summed E-state index contributed by atoms with van der Waals surface area (Å²) < 4.78 is 39.6. The van der Waals surface area contributed by atoms with Crippen molar-refractivity contribution in [2.45, 2.75) is 0 Å². The molecule has 0 unspecified atom stereocenters. The van der Waals surface area contributed by atoms with Crippen LogP contribution in [0.5, 0.6) is 0 Å². The number of hydrogen-bond donors (Lipinski definition) is 1. The van der Waals surface area contributed by atoms with E-state index < -0.39 is 29.1 Å². The average molecular weight is 253 g/mol. The molecular weight excluding hydrogens is 247 g/mol. The van der Waals surface area contributed by atoms with Crippen LogP contribution in [0.4, 0.5) is 13.2 Å². The topological polar surface area (TPSA) is 50.2 Å². The smallest absolute Gasteiger partial charge is 0.355 e. The van der Waals surface area contributed by atoms with Gasteiger partial charge in [0.2, 0.25) is 0 Å². The van der Waals surface area contributed by atoms with Gasteiger partial charge in [-0.1, -0.05) is 0 Å². The number of carboxylic acids is 1. The molecular formula is C12H6F3NO2. The molecule has 6 heteroatoms. The molecule has 0 atom stereocenters. The maximum absolute atomic E-state index is 13.5. The van der Waals surface area contributed by atoms with Gasteiger partial charge >= 0.3 is 5.97 Å². The predicted octanol–water partition coefficient (Wildman–Crippen LogP) is 2.86. The molecule has 0 spiro atoms. The number of nitrogens with zero attached hydrogens (tertiary/aromatic N) is 1. The van der Waals surface area contributed by atoms with Crippen LogP contribution in [0.1, 0.15) is 10.5 Å². The first-order valence-corrected chi connectivity index (χ1v) is 4.83. The zero-order chi connectivity index (χ0) is 13.3. The van der Waals surface area contributed by atoms with Crippen LogP contribution in [0.3, 0.4) is 0 Å². The minimum absolute atomic E-state index is 0.306. The van der Waals surface area contributed by atoms with Crippen molar-refractivity contribution in [1.29, 1.82) is 0 Å². The Bertz CT molecular complexity index is 629. The minimum Gasteiger partial charge on any atom is -0.476 e. The van der Waals surface area contributed by atoms with E-state index in [2.05, 4.69) is 4.98 Å². The van der Waals surface area contributed by atoms with Crippen LogP contribution in [0, 0.1) is 17.5 Å². The second-order valence-corrected chi connectivity index (χ2v) is 3.48. The highest BCUT2D eigenvalue weighted by molar-refractivity contribution is 5.93. The third-order valence-electron chi connectivity index (χ3n) is 2.28. The van der Waals surface area contributed by atoms with E-state index in [1.165, 1.54) is 0 Å². The number of halogens is 3. The third-order valence-corrected chi connectivity index (χ3v) is 2.28. The zero-order valence-electron chi connectivity index (χ0n) is 8.82. The van der Waals surface area contributed by atoms with E-state index in [4.69, 9.17) is 5.11 Å². The second-order valence-electron chi connectivity index (χ2n) is 3.48. The molecule has 0 bridgehead atoms. The van der Waals surface area contributed by atoms with Crippen LogP contribution < -0.4 is 0 Å². The lowest BCUT2D eigenvalue weighted by Crippen LogP contribution is -2.04. The summed E-state index contributed by atoms with van der Waals surface area (Å²) in [5, 5.41) is 8.88. The Hall–Kier alpha value is -2.37. The standard InChI is InChI=1S/C12H6F3NO2/c13-6-1-2-10(15)8(3-6)9-4-7(14)5-16-11(9)12(17)18/h1-5H,(H,17,18). The van der Waals surface area contributed by atoms with Gasteiger partial charge in [0.05, 0.1) is 6.20 Å². The van der Waals surface area contributed by atoms with E-state index in [0.29, 0.717) is 6.20 Å². The van der Waals surface area contributed by atoms with Gasteiger partial charge in [0, 0.05) is 11.1 Å². The molecule has 1 heterocycles. The lowest BCUT2D eigenvalue weighted by molar-refractivity contribution is 0.0691. The predicted molar refractivity (Wildman–Crippen MR) is 56.5 cm³/mol. The van der Waals surface area contributed by atoms with Crippen molar-refractivity contribution in [3.05, 3.63) is 53.6 Å². The molecule has 2 aromatic rings. The fourth-order valence-corrected chi connectivity index (χ4v) is 1.52. The molecule has 0 aliphatic heterocycles. The molecule has 1 aromatic heterocycles. The first-order chi connectivity index (χ1) is 8.49. The summed E-state index contributed by atoms with van der Waals surface area (Å²) in [5.41, 5.74) is -1.19. The van der Waals surface area contributed by atoms with Crippen molar-refractivity contribution in [3.8, 4) is 11.1 Å². The molecule has 0 saturated carbocycles. The Morgan fingerprint density at radius 1 is 1.06 bits per heavy atom. The normalized spacial score (nSPS) is 10.4. The highest BCUT2D eigenvalue weighted by atomic mass is 19.1. The number of rotatable bonds is 2. The number of carbonyl (C=O) groups is 1. The Balaban J connectivity index is 2.73. The second kappa shape index (κ2) is 4.48. The largest absolute Gasteiger partial charge is 0.476 e. The van der Waals surface area contributed by atoms with Crippen LogP contribution in [-0.4, -0.2) is 16.1 Å². The van der Waals surface area contributed by atoms with E-state index in [9.17, 15) is 18.0 Å². The molecule has 2 rings (SSSR count). The molecule has 1 aromatic carbocycles. The maximum Gasteiger partial charge on any atom is 0.355 e. The first-order valence-electron chi connectivity index (χ1n) is 4.83. The molecule has 1 N–H and O–H groups in total. The van der Waals surface area contributed by atoms with Gasteiger partial charge < -0.3 is 5.11 Å². The van der Waals surface area contributed by atoms with E-state index in [1.54, 1.807) is 0 Å². The Kier molecular flexibility index (Phi) is 3.01. The van der Waals surface area contributed by atoms with Crippen molar-refractivity contribution in [2.24, 2.45) is 0 Å². The molecule has 0 radical (unpaired) electrons. The van der Waals surface area contributed by atoms with Gasteiger partial charge in [-0.25, -0.2) is 22.9 Å². The summed E-state index contributed by atoms with van der Waals surface area (Å²) in [6, 6.07) is 3.31. The zero-order valence-corrected chi connectivity index (χ0v) is 8.82. The van der Waals surface area contributed by atoms with E-state index in [-0.39, 0.29) is 11.1 Å². The highest BCUT2D eigenvalue weighted by Crippen LogP contribution is 2.26. The van der Waals surface area contributed by atoms with Crippen molar-refractivity contribution in [3.63, 3.8) is 0 Å². The van der Waals surface area contributed by atoms with Crippen LogP contribution in [-0.2, 0) is 0 Å². The summed E-state index contributed by atoms with van der Waals surface area (Å²) >= 11 is 0. The summed E-state index contributed by atoms with van der Waals surface area (Å²) in [6.45, 7) is 0. The van der Waals surface area contributed by atoms with Crippen molar-refractivity contribution >= 4 is 5.97 Å². The van der Waals surface area contributed by atoms with Gasteiger partial charge in [0.25, 0.3) is 0 Å². The number of benzene rings is 1. The molecule has 0 amide bonds. The quantitative estimate of drug-likeness (QED) is 0.895. The maximum atomic E-state index is 13.5. The summed E-state index contributed by atoms with van der Waals surface area (Å²) in [4.78, 5) is 14.3. The number of hydrogen-bond acceptors (Lipinski definition) is 2. The SMILES string of the molecule is O=C(O)c1ncc(F)cc1-c1cc(F)ccc1F. The van der Waals surface area contributed by atoms with E-state index in [0.717, 1.165) is 24.3 Å². The summed E-state index contributed by atoms with van der Waals surface area (Å²) in [6.07, 6.45) is 0.699. The Labute approximate surface area is 99.5 Å². The first kappa shape index (κ1) is 12.1. The van der Waals surface area contributed by atoms with Gasteiger partial charge in [-0.15, -0.1) is 0 Å². The van der Waals surface area contributed by atoms with Crippen molar-refractivity contribution < 1.29 is 23.1 Å². The molecule has 18 heavy (non-hydrogen) atoms. The van der Waals surface area contributed by atoms with Crippen LogP contribution in [0.2, 0.25) is 0 Å². The number of aromatic carboxylic acids is 1. The van der Waals surface area contributed by atoms with Crippen LogP contribution in [0.25, 0.3) is 11.1 Å². The van der Waals surface area contributed by atoms with E-state index >= 15 is 0 Å². The molecule has 0 aliphatic rings. The molecule has 0 fully saturated rings. The van der Waals surface area contributed by atoms with Gasteiger partial charge in [-0.2, -0.15) is 0 Å². The highest BCUT2D eigenvalue weighted by Gasteiger charge is 2.17. The fourth-order valence-electron chi connectivity index (χ4n) is 1.52. The third kappa shape index (κ3) is 2.17. The van der Waals surface area contributed by atoms with Crippen LogP contribution in [0.15, 0.2) is 30.5 Å².